The highest BCUT2D eigenvalue weighted by Crippen LogP contribution is 2.33. The van der Waals surface area contributed by atoms with E-state index < -0.39 is 27.8 Å². The number of halogens is 3. The van der Waals surface area contributed by atoms with Gasteiger partial charge in [-0.15, -0.1) is 0 Å². The number of anilines is 2. The number of nitrogens with one attached hydrogen (secondary N) is 3. The lowest BCUT2D eigenvalue weighted by Crippen LogP contribution is -2.26. The van der Waals surface area contributed by atoms with Crippen LogP contribution in [0.1, 0.15) is 24.0 Å². The summed E-state index contributed by atoms with van der Waals surface area (Å²) >= 11 is 1.47. The van der Waals surface area contributed by atoms with Crippen LogP contribution in [0.3, 0.4) is 0 Å². The van der Waals surface area contributed by atoms with E-state index in [1.165, 1.54) is 23.5 Å². The van der Waals surface area contributed by atoms with Crippen LogP contribution in [0.25, 0.3) is 11.1 Å². The Balaban J connectivity index is 1.53. The quantitative estimate of drug-likeness (QED) is 0.395. The van der Waals surface area contributed by atoms with Crippen molar-refractivity contribution in [3.8, 4) is 11.1 Å². The number of hydrogen-bond donors (Lipinski definition) is 3. The van der Waals surface area contributed by atoms with Gasteiger partial charge < -0.3 is 10.6 Å². The lowest BCUT2D eigenvalue weighted by Gasteiger charge is -2.15. The van der Waals surface area contributed by atoms with E-state index in [0.29, 0.717) is 29.7 Å². The summed E-state index contributed by atoms with van der Waals surface area (Å²) in [6.07, 6.45) is -3.23. The summed E-state index contributed by atoms with van der Waals surface area (Å²) in [4.78, 5) is 12.6. The number of sulfonamides is 1. The second kappa shape index (κ2) is 9.16. The van der Waals surface area contributed by atoms with E-state index in [1.54, 1.807) is 18.2 Å². The van der Waals surface area contributed by atoms with Gasteiger partial charge in [0.25, 0.3) is 0 Å². The third-order valence-electron chi connectivity index (χ3n) is 5.05. The van der Waals surface area contributed by atoms with Crippen molar-refractivity contribution in [3.63, 3.8) is 0 Å². The fraction of sp³-hybridized carbons (Fsp3) is 0.227. The Morgan fingerprint density at radius 1 is 1.06 bits per heavy atom. The van der Waals surface area contributed by atoms with Crippen LogP contribution in [0.5, 0.6) is 0 Å². The Labute approximate surface area is 192 Å². The molecule has 0 bridgehead atoms. The zero-order chi connectivity index (χ0) is 23.6. The summed E-state index contributed by atoms with van der Waals surface area (Å²) in [5.74, 6) is 0. The van der Waals surface area contributed by atoms with E-state index in [2.05, 4.69) is 15.4 Å². The maximum atomic E-state index is 12.9. The molecule has 0 radical (unpaired) electrons. The first-order valence-electron chi connectivity index (χ1n) is 10.0. The summed E-state index contributed by atoms with van der Waals surface area (Å²) < 4.78 is 65.6. The molecule has 0 atom stereocenters. The molecule has 0 spiro atoms. The van der Waals surface area contributed by atoms with E-state index in [4.69, 9.17) is 0 Å². The van der Waals surface area contributed by atoms with E-state index in [9.17, 15) is 26.4 Å². The molecule has 4 rings (SSSR count). The first kappa shape index (κ1) is 23.3. The SMILES string of the molecule is O=C(Nc1cccc(C(F)(F)F)c1)Nc1cc(CNS(=O)(=O)C2CC2)ccc1-c1ccsc1. The lowest BCUT2D eigenvalue weighted by molar-refractivity contribution is -0.137. The number of alkyl halides is 3. The molecule has 0 unspecified atom stereocenters. The smallest absolute Gasteiger partial charge is 0.308 e. The fourth-order valence-electron chi connectivity index (χ4n) is 3.21. The molecule has 1 aliphatic carbocycles. The van der Waals surface area contributed by atoms with E-state index in [0.717, 1.165) is 17.7 Å². The minimum absolute atomic E-state index is 0.00671. The predicted octanol–water partition coefficient (Wildman–Crippen LogP) is 5.66. The Morgan fingerprint density at radius 2 is 1.85 bits per heavy atom. The summed E-state index contributed by atoms with van der Waals surface area (Å²) in [6, 6.07) is 10.7. The van der Waals surface area contributed by atoms with Crippen molar-refractivity contribution >= 4 is 38.8 Å². The van der Waals surface area contributed by atoms with Gasteiger partial charge in [0.1, 0.15) is 0 Å². The first-order valence-corrected chi connectivity index (χ1v) is 12.5. The van der Waals surface area contributed by atoms with Gasteiger partial charge in [-0.05, 0) is 65.1 Å². The third kappa shape index (κ3) is 5.92. The summed E-state index contributed by atoms with van der Waals surface area (Å²) in [6.45, 7) is 0.0622. The van der Waals surface area contributed by atoms with Crippen molar-refractivity contribution in [1.29, 1.82) is 0 Å². The van der Waals surface area contributed by atoms with E-state index >= 15 is 0 Å². The standard InChI is InChI=1S/C22H20F3N3O3S2/c23-22(24,25)16-2-1-3-17(11-16)27-21(29)28-20-10-14(12-26-33(30,31)18-5-6-18)4-7-19(20)15-8-9-32-13-15/h1-4,7-11,13,18,26H,5-6,12H2,(H2,27,28,29). The molecule has 1 fully saturated rings. The molecule has 6 nitrogen and oxygen atoms in total. The number of carbonyl (C=O) groups is 1. The number of rotatable bonds is 7. The normalized spacial score (nSPS) is 14.2. The Morgan fingerprint density at radius 3 is 2.52 bits per heavy atom. The van der Waals surface area contributed by atoms with Crippen LogP contribution in [0, 0.1) is 0 Å². The zero-order valence-corrected chi connectivity index (χ0v) is 18.8. The minimum Gasteiger partial charge on any atom is -0.308 e. The molecular formula is C22H20F3N3O3S2. The Bertz CT molecular complexity index is 1260. The van der Waals surface area contributed by atoms with Gasteiger partial charge in [0, 0.05) is 17.8 Å². The Hall–Kier alpha value is -2.89. The van der Waals surface area contributed by atoms with Crippen molar-refractivity contribution in [1.82, 2.24) is 4.72 Å². The van der Waals surface area contributed by atoms with Crippen LogP contribution in [0.4, 0.5) is 29.3 Å². The van der Waals surface area contributed by atoms with Crippen LogP contribution in [0.2, 0.25) is 0 Å². The lowest BCUT2D eigenvalue weighted by atomic mass is 10.0. The predicted molar refractivity (Wildman–Crippen MR) is 123 cm³/mol. The van der Waals surface area contributed by atoms with Gasteiger partial charge >= 0.3 is 12.2 Å². The molecule has 0 saturated heterocycles. The molecule has 3 aromatic rings. The molecule has 1 aromatic heterocycles. The molecular weight excluding hydrogens is 475 g/mol. The average molecular weight is 496 g/mol. The monoisotopic (exact) mass is 495 g/mol. The number of hydrogen-bond acceptors (Lipinski definition) is 4. The molecule has 2 aromatic carbocycles. The molecule has 33 heavy (non-hydrogen) atoms. The van der Waals surface area contributed by atoms with Crippen molar-refractivity contribution in [2.75, 3.05) is 10.6 Å². The second-order valence-electron chi connectivity index (χ2n) is 7.62. The Kier molecular flexibility index (Phi) is 6.46. The summed E-state index contributed by atoms with van der Waals surface area (Å²) in [5.41, 5.74) is 1.70. The highest BCUT2D eigenvalue weighted by Gasteiger charge is 2.35. The maximum absolute atomic E-state index is 12.9. The van der Waals surface area contributed by atoms with Crippen LogP contribution in [0.15, 0.2) is 59.3 Å². The van der Waals surface area contributed by atoms with Gasteiger partial charge in [-0.3, -0.25) is 0 Å². The van der Waals surface area contributed by atoms with Crippen molar-refractivity contribution in [2.24, 2.45) is 0 Å². The summed E-state index contributed by atoms with van der Waals surface area (Å²) in [7, 11) is -3.37. The number of amides is 2. The van der Waals surface area contributed by atoms with Crippen LogP contribution < -0.4 is 15.4 Å². The molecule has 11 heteroatoms. The van der Waals surface area contributed by atoms with E-state index in [-0.39, 0.29) is 17.5 Å². The van der Waals surface area contributed by atoms with Gasteiger partial charge in [0.15, 0.2) is 0 Å². The van der Waals surface area contributed by atoms with Crippen LogP contribution >= 0.6 is 11.3 Å². The largest absolute Gasteiger partial charge is 0.416 e. The second-order valence-corrected chi connectivity index (χ2v) is 10.4. The van der Waals surface area contributed by atoms with Gasteiger partial charge in [0.2, 0.25) is 10.0 Å². The maximum Gasteiger partial charge on any atom is 0.416 e. The van der Waals surface area contributed by atoms with E-state index in [1.807, 2.05) is 16.8 Å². The molecule has 2 amide bonds. The van der Waals surface area contributed by atoms with Gasteiger partial charge in [-0.25, -0.2) is 17.9 Å². The highest BCUT2D eigenvalue weighted by molar-refractivity contribution is 7.90. The molecule has 0 aliphatic heterocycles. The number of benzene rings is 2. The van der Waals surface area contributed by atoms with Crippen molar-refractivity contribution in [3.05, 3.63) is 70.4 Å². The van der Waals surface area contributed by atoms with Crippen molar-refractivity contribution in [2.45, 2.75) is 30.8 Å². The number of urea groups is 1. The molecule has 174 valence electrons. The molecule has 3 N–H and O–H groups in total. The summed E-state index contributed by atoms with van der Waals surface area (Å²) in [5, 5.41) is 8.51. The van der Waals surface area contributed by atoms with Gasteiger partial charge in [-0.1, -0.05) is 18.2 Å². The minimum atomic E-state index is -4.53. The highest BCUT2D eigenvalue weighted by atomic mass is 32.2. The van der Waals surface area contributed by atoms with Gasteiger partial charge in [0.05, 0.1) is 16.5 Å². The topological polar surface area (TPSA) is 87.3 Å². The average Bonchev–Trinajstić information content (AvgIpc) is 3.49. The van der Waals surface area contributed by atoms with Crippen LogP contribution in [-0.2, 0) is 22.7 Å². The van der Waals surface area contributed by atoms with Crippen LogP contribution in [-0.4, -0.2) is 19.7 Å². The number of thiophene rings is 1. The molecule has 1 saturated carbocycles. The first-order chi connectivity index (χ1) is 15.6. The zero-order valence-electron chi connectivity index (χ0n) is 17.1. The van der Waals surface area contributed by atoms with Gasteiger partial charge in [-0.2, -0.15) is 24.5 Å². The third-order valence-corrected chi connectivity index (χ3v) is 7.63. The number of carbonyl (C=O) groups excluding carboxylic acids is 1. The van der Waals surface area contributed by atoms with Crippen molar-refractivity contribution < 1.29 is 26.4 Å². The molecule has 1 heterocycles. The fourth-order valence-corrected chi connectivity index (χ4v) is 5.23. The molecule has 1 aliphatic rings.